The van der Waals surface area contributed by atoms with Gasteiger partial charge in [-0.2, -0.15) is 0 Å². The number of aromatic amines is 1. The van der Waals surface area contributed by atoms with Crippen LogP contribution in [0.1, 0.15) is 0 Å². The predicted octanol–water partition coefficient (Wildman–Crippen LogP) is 3.69. The molecule has 0 amide bonds. The van der Waals surface area contributed by atoms with Crippen LogP contribution >= 0.6 is 0 Å². The third-order valence-corrected chi connectivity index (χ3v) is 3.38. The van der Waals surface area contributed by atoms with Gasteiger partial charge in [-0.1, -0.05) is 30.3 Å². The van der Waals surface area contributed by atoms with Crippen molar-refractivity contribution < 1.29 is 0 Å². The summed E-state index contributed by atoms with van der Waals surface area (Å²) in [5, 5.41) is 1.00. The van der Waals surface area contributed by atoms with Crippen molar-refractivity contribution in [2.75, 3.05) is 0 Å². The molecule has 1 N–H and O–H groups in total. The van der Waals surface area contributed by atoms with Gasteiger partial charge in [-0.3, -0.25) is 0 Å². The van der Waals surface area contributed by atoms with Crippen LogP contribution in [-0.4, -0.2) is 19.9 Å². The molecule has 0 atom stereocenters. The maximum atomic E-state index is 4.63. The minimum atomic E-state index is 0.744. The molecular formula is C17H12N4. The van der Waals surface area contributed by atoms with Crippen LogP contribution < -0.4 is 0 Å². The summed E-state index contributed by atoms with van der Waals surface area (Å²) in [6.45, 7) is 0. The SMILES string of the molecule is c1ccc(-c2ncc3cc(-c4ncc[nH]4)ccc3n2)cc1. The molecule has 0 fully saturated rings. The van der Waals surface area contributed by atoms with Gasteiger partial charge < -0.3 is 4.98 Å². The molecule has 0 aliphatic heterocycles. The zero-order chi connectivity index (χ0) is 14.1. The lowest BCUT2D eigenvalue weighted by atomic mass is 10.1. The molecule has 0 unspecified atom stereocenters. The Morgan fingerprint density at radius 2 is 1.76 bits per heavy atom. The molecule has 4 rings (SSSR count). The Bertz CT molecular complexity index is 883. The van der Waals surface area contributed by atoms with E-state index in [9.17, 15) is 0 Å². The van der Waals surface area contributed by atoms with Crippen molar-refractivity contribution in [2.24, 2.45) is 0 Å². The summed E-state index contributed by atoms with van der Waals surface area (Å²) in [6, 6.07) is 16.1. The second-order valence-corrected chi connectivity index (χ2v) is 4.77. The predicted molar refractivity (Wildman–Crippen MR) is 82.6 cm³/mol. The second kappa shape index (κ2) is 4.83. The van der Waals surface area contributed by atoms with E-state index in [0.717, 1.165) is 33.7 Å². The van der Waals surface area contributed by atoms with Crippen LogP contribution in [0.2, 0.25) is 0 Å². The maximum Gasteiger partial charge on any atom is 0.159 e. The van der Waals surface area contributed by atoms with Crippen LogP contribution in [0.4, 0.5) is 0 Å². The maximum absolute atomic E-state index is 4.63. The molecule has 100 valence electrons. The monoisotopic (exact) mass is 272 g/mol. The highest BCUT2D eigenvalue weighted by molar-refractivity contribution is 5.83. The van der Waals surface area contributed by atoms with Gasteiger partial charge in [0.25, 0.3) is 0 Å². The average Bonchev–Trinajstić information content (AvgIpc) is 3.09. The topological polar surface area (TPSA) is 54.5 Å². The molecule has 4 nitrogen and oxygen atoms in total. The molecule has 2 aromatic carbocycles. The standard InChI is InChI=1S/C17H12N4/c1-2-4-12(5-3-1)17-20-11-14-10-13(6-7-15(14)21-17)16-18-8-9-19-16/h1-11H,(H,18,19). The zero-order valence-electron chi connectivity index (χ0n) is 11.2. The second-order valence-electron chi connectivity index (χ2n) is 4.77. The summed E-state index contributed by atoms with van der Waals surface area (Å²) in [7, 11) is 0. The fourth-order valence-corrected chi connectivity index (χ4v) is 2.33. The minimum Gasteiger partial charge on any atom is -0.345 e. The van der Waals surface area contributed by atoms with Crippen molar-refractivity contribution in [3.63, 3.8) is 0 Å². The molecule has 4 heteroatoms. The Balaban J connectivity index is 1.81. The van der Waals surface area contributed by atoms with Crippen LogP contribution in [0.25, 0.3) is 33.7 Å². The van der Waals surface area contributed by atoms with Gasteiger partial charge >= 0.3 is 0 Å². The first kappa shape index (κ1) is 11.8. The molecule has 0 spiro atoms. The molecule has 0 bridgehead atoms. The summed E-state index contributed by atoms with van der Waals surface area (Å²) >= 11 is 0. The summed E-state index contributed by atoms with van der Waals surface area (Å²) in [5.74, 6) is 1.60. The van der Waals surface area contributed by atoms with Crippen LogP contribution in [0.3, 0.4) is 0 Å². The van der Waals surface area contributed by atoms with E-state index in [1.807, 2.05) is 60.9 Å². The number of hydrogen-bond acceptors (Lipinski definition) is 3. The first-order valence-corrected chi connectivity index (χ1v) is 6.72. The highest BCUT2D eigenvalue weighted by Gasteiger charge is 2.05. The molecule has 0 radical (unpaired) electrons. The number of hydrogen-bond donors (Lipinski definition) is 1. The van der Waals surface area contributed by atoms with Crippen LogP contribution in [0.15, 0.2) is 67.1 Å². The van der Waals surface area contributed by atoms with Gasteiger partial charge in [-0.05, 0) is 18.2 Å². The van der Waals surface area contributed by atoms with Crippen molar-refractivity contribution in [1.82, 2.24) is 19.9 Å². The lowest BCUT2D eigenvalue weighted by Gasteiger charge is -2.04. The zero-order valence-corrected chi connectivity index (χ0v) is 11.2. The van der Waals surface area contributed by atoms with E-state index in [2.05, 4.69) is 19.9 Å². The van der Waals surface area contributed by atoms with E-state index in [0.29, 0.717) is 0 Å². The van der Waals surface area contributed by atoms with Crippen molar-refractivity contribution in [2.45, 2.75) is 0 Å². The number of aromatic nitrogens is 4. The lowest BCUT2D eigenvalue weighted by Crippen LogP contribution is -1.90. The number of rotatable bonds is 2. The van der Waals surface area contributed by atoms with Crippen LogP contribution in [0.5, 0.6) is 0 Å². The van der Waals surface area contributed by atoms with Gasteiger partial charge in [-0.15, -0.1) is 0 Å². The van der Waals surface area contributed by atoms with Crippen molar-refractivity contribution in [3.8, 4) is 22.8 Å². The Labute approximate surface area is 121 Å². The molecule has 0 saturated heterocycles. The highest BCUT2D eigenvalue weighted by atomic mass is 14.9. The lowest BCUT2D eigenvalue weighted by molar-refractivity contribution is 1.22. The number of benzene rings is 2. The van der Waals surface area contributed by atoms with Crippen LogP contribution in [0, 0.1) is 0 Å². The Morgan fingerprint density at radius 3 is 2.57 bits per heavy atom. The first-order chi connectivity index (χ1) is 10.4. The molecule has 0 aliphatic rings. The van der Waals surface area contributed by atoms with Crippen molar-refractivity contribution in [1.29, 1.82) is 0 Å². The van der Waals surface area contributed by atoms with Crippen molar-refractivity contribution >= 4 is 10.9 Å². The number of fused-ring (bicyclic) bond motifs is 1. The Morgan fingerprint density at radius 1 is 0.857 bits per heavy atom. The number of nitrogens with zero attached hydrogens (tertiary/aromatic N) is 3. The van der Waals surface area contributed by atoms with E-state index in [1.165, 1.54) is 0 Å². The largest absolute Gasteiger partial charge is 0.345 e. The number of nitrogens with one attached hydrogen (secondary N) is 1. The molecule has 4 aromatic rings. The molecular weight excluding hydrogens is 260 g/mol. The fraction of sp³-hybridized carbons (Fsp3) is 0. The van der Waals surface area contributed by atoms with Gasteiger partial charge in [0.15, 0.2) is 5.82 Å². The number of H-pyrrole nitrogens is 1. The summed E-state index contributed by atoms with van der Waals surface area (Å²) < 4.78 is 0. The van der Waals surface area contributed by atoms with Gasteiger partial charge in [0.05, 0.1) is 5.52 Å². The van der Waals surface area contributed by atoms with Gasteiger partial charge in [0.1, 0.15) is 5.82 Å². The summed E-state index contributed by atoms with van der Waals surface area (Å²) in [6.07, 6.45) is 5.42. The molecule has 0 aliphatic carbocycles. The average molecular weight is 272 g/mol. The smallest absolute Gasteiger partial charge is 0.159 e. The minimum absolute atomic E-state index is 0.744. The van der Waals surface area contributed by atoms with E-state index >= 15 is 0 Å². The van der Waals surface area contributed by atoms with E-state index in [1.54, 1.807) is 6.20 Å². The van der Waals surface area contributed by atoms with E-state index < -0.39 is 0 Å². The first-order valence-electron chi connectivity index (χ1n) is 6.72. The third-order valence-electron chi connectivity index (χ3n) is 3.38. The Hall–Kier alpha value is -3.01. The highest BCUT2D eigenvalue weighted by Crippen LogP contribution is 2.22. The molecule has 2 aromatic heterocycles. The number of imidazole rings is 1. The van der Waals surface area contributed by atoms with Crippen molar-refractivity contribution in [3.05, 3.63) is 67.1 Å². The summed E-state index contributed by atoms with van der Waals surface area (Å²) in [4.78, 5) is 16.4. The fourth-order valence-electron chi connectivity index (χ4n) is 2.33. The van der Waals surface area contributed by atoms with Gasteiger partial charge in [-0.25, -0.2) is 15.0 Å². The Kier molecular flexibility index (Phi) is 2.71. The van der Waals surface area contributed by atoms with E-state index in [4.69, 9.17) is 0 Å². The van der Waals surface area contributed by atoms with E-state index in [-0.39, 0.29) is 0 Å². The summed E-state index contributed by atoms with van der Waals surface area (Å²) in [5.41, 5.74) is 2.98. The quantitative estimate of drug-likeness (QED) is 0.605. The molecule has 2 heterocycles. The van der Waals surface area contributed by atoms with Gasteiger partial charge in [0, 0.05) is 35.1 Å². The normalized spacial score (nSPS) is 10.9. The van der Waals surface area contributed by atoms with Gasteiger partial charge in [0.2, 0.25) is 0 Å². The molecule has 0 saturated carbocycles. The van der Waals surface area contributed by atoms with Crippen LogP contribution in [-0.2, 0) is 0 Å². The third kappa shape index (κ3) is 2.17. The molecule has 21 heavy (non-hydrogen) atoms.